The first kappa shape index (κ1) is 13.2. The lowest BCUT2D eigenvalue weighted by atomic mass is 9.95. The van der Waals surface area contributed by atoms with Crippen molar-refractivity contribution in [3.8, 4) is 0 Å². The van der Waals surface area contributed by atoms with Crippen LogP contribution in [0.5, 0.6) is 0 Å². The molecule has 0 saturated carbocycles. The Morgan fingerprint density at radius 1 is 1.19 bits per heavy atom. The van der Waals surface area contributed by atoms with Crippen LogP contribution >= 0.6 is 0 Å². The van der Waals surface area contributed by atoms with E-state index in [0.717, 1.165) is 19.5 Å². The van der Waals surface area contributed by atoms with Crippen molar-refractivity contribution < 1.29 is 0 Å². The maximum Gasteiger partial charge on any atom is 0.0304 e. The molecule has 2 heteroatoms. The summed E-state index contributed by atoms with van der Waals surface area (Å²) in [5, 5.41) is 0. The molecule has 1 rings (SSSR count). The van der Waals surface area contributed by atoms with E-state index in [0.29, 0.717) is 6.54 Å². The molecule has 90 valence electrons. The van der Waals surface area contributed by atoms with E-state index in [2.05, 4.69) is 56.0 Å². The Bertz CT molecular complexity index is 291. The predicted molar refractivity (Wildman–Crippen MR) is 70.3 cm³/mol. The molecule has 1 aromatic carbocycles. The molecule has 0 aliphatic carbocycles. The van der Waals surface area contributed by atoms with E-state index in [1.165, 1.54) is 5.56 Å². The zero-order valence-electron chi connectivity index (χ0n) is 10.7. The first-order valence-corrected chi connectivity index (χ1v) is 6.15. The lowest BCUT2D eigenvalue weighted by Gasteiger charge is -2.39. The van der Waals surface area contributed by atoms with Crippen LogP contribution in [-0.4, -0.2) is 23.5 Å². The highest BCUT2D eigenvalue weighted by Crippen LogP contribution is 2.20. The van der Waals surface area contributed by atoms with E-state index in [1.54, 1.807) is 0 Å². The molecule has 1 unspecified atom stereocenters. The minimum Gasteiger partial charge on any atom is -0.329 e. The fourth-order valence-corrected chi connectivity index (χ4v) is 1.99. The van der Waals surface area contributed by atoms with E-state index >= 15 is 0 Å². The Morgan fingerprint density at radius 2 is 1.81 bits per heavy atom. The van der Waals surface area contributed by atoms with Crippen molar-refractivity contribution in [2.75, 3.05) is 13.1 Å². The van der Waals surface area contributed by atoms with Crippen LogP contribution in [0.4, 0.5) is 0 Å². The van der Waals surface area contributed by atoms with E-state index in [1.807, 2.05) is 0 Å². The van der Waals surface area contributed by atoms with Gasteiger partial charge in [-0.2, -0.15) is 0 Å². The second-order valence-electron chi connectivity index (χ2n) is 4.55. The maximum absolute atomic E-state index is 5.91. The number of benzene rings is 1. The number of hydrogen-bond donors (Lipinski definition) is 1. The Balaban J connectivity index is 2.76. The number of nitrogens with zero attached hydrogens (tertiary/aromatic N) is 1. The molecule has 0 bridgehead atoms. The molecular formula is C14H24N2. The molecule has 2 nitrogen and oxygen atoms in total. The highest BCUT2D eigenvalue weighted by molar-refractivity contribution is 5.15. The van der Waals surface area contributed by atoms with Crippen LogP contribution in [0.3, 0.4) is 0 Å². The van der Waals surface area contributed by atoms with Gasteiger partial charge in [-0.15, -0.1) is 0 Å². The highest BCUT2D eigenvalue weighted by atomic mass is 15.2. The van der Waals surface area contributed by atoms with E-state index in [-0.39, 0.29) is 5.54 Å². The van der Waals surface area contributed by atoms with Crippen molar-refractivity contribution in [3.05, 3.63) is 35.9 Å². The molecule has 0 aromatic heterocycles. The third kappa shape index (κ3) is 3.06. The van der Waals surface area contributed by atoms with Gasteiger partial charge in [0.1, 0.15) is 0 Å². The van der Waals surface area contributed by atoms with Crippen LogP contribution < -0.4 is 5.73 Å². The van der Waals surface area contributed by atoms with Gasteiger partial charge in [0.2, 0.25) is 0 Å². The van der Waals surface area contributed by atoms with Crippen LogP contribution in [-0.2, 0) is 6.54 Å². The number of likely N-dealkylation sites (N-methyl/N-ethyl adjacent to an activating group) is 1. The summed E-state index contributed by atoms with van der Waals surface area (Å²) < 4.78 is 0. The summed E-state index contributed by atoms with van der Waals surface area (Å²) >= 11 is 0. The molecule has 0 aliphatic rings. The summed E-state index contributed by atoms with van der Waals surface area (Å²) in [5.74, 6) is 0. The SMILES string of the molecule is CCN(Cc1ccccc1)C(C)(CC)CN. The smallest absolute Gasteiger partial charge is 0.0304 e. The Morgan fingerprint density at radius 3 is 2.25 bits per heavy atom. The molecule has 1 atom stereocenters. The molecule has 1 aromatic rings. The molecular weight excluding hydrogens is 196 g/mol. The van der Waals surface area contributed by atoms with Crippen molar-refractivity contribution in [1.29, 1.82) is 0 Å². The van der Waals surface area contributed by atoms with E-state index in [9.17, 15) is 0 Å². The van der Waals surface area contributed by atoms with Crippen LogP contribution in [0.1, 0.15) is 32.8 Å². The second kappa shape index (κ2) is 6.02. The topological polar surface area (TPSA) is 29.3 Å². The molecule has 0 fully saturated rings. The minimum absolute atomic E-state index is 0.116. The van der Waals surface area contributed by atoms with Crippen molar-refractivity contribution in [3.63, 3.8) is 0 Å². The second-order valence-corrected chi connectivity index (χ2v) is 4.55. The van der Waals surface area contributed by atoms with Crippen LogP contribution in [0.2, 0.25) is 0 Å². The van der Waals surface area contributed by atoms with Gasteiger partial charge in [-0.05, 0) is 25.5 Å². The molecule has 2 N–H and O–H groups in total. The summed E-state index contributed by atoms with van der Waals surface area (Å²) in [7, 11) is 0. The van der Waals surface area contributed by atoms with Crippen LogP contribution in [0, 0.1) is 0 Å². The lowest BCUT2D eigenvalue weighted by Crippen LogP contribution is -2.50. The normalized spacial score (nSPS) is 15.1. The monoisotopic (exact) mass is 220 g/mol. The van der Waals surface area contributed by atoms with Crippen molar-refractivity contribution in [2.24, 2.45) is 5.73 Å². The van der Waals surface area contributed by atoms with E-state index < -0.39 is 0 Å². The van der Waals surface area contributed by atoms with Crippen molar-refractivity contribution in [1.82, 2.24) is 4.90 Å². The van der Waals surface area contributed by atoms with Gasteiger partial charge in [0.05, 0.1) is 0 Å². The number of hydrogen-bond acceptors (Lipinski definition) is 2. The van der Waals surface area contributed by atoms with Gasteiger partial charge in [-0.25, -0.2) is 0 Å². The molecule has 16 heavy (non-hydrogen) atoms. The first-order chi connectivity index (χ1) is 7.66. The minimum atomic E-state index is 0.116. The summed E-state index contributed by atoms with van der Waals surface area (Å²) in [6, 6.07) is 10.6. The fourth-order valence-electron chi connectivity index (χ4n) is 1.99. The lowest BCUT2D eigenvalue weighted by molar-refractivity contribution is 0.104. The van der Waals surface area contributed by atoms with Gasteiger partial charge in [0.25, 0.3) is 0 Å². The van der Waals surface area contributed by atoms with Crippen LogP contribution in [0.15, 0.2) is 30.3 Å². The highest BCUT2D eigenvalue weighted by Gasteiger charge is 2.27. The van der Waals surface area contributed by atoms with Crippen molar-refractivity contribution >= 4 is 0 Å². The third-order valence-electron chi connectivity index (χ3n) is 3.56. The number of nitrogens with two attached hydrogens (primary N) is 1. The molecule has 0 spiro atoms. The Hall–Kier alpha value is -0.860. The van der Waals surface area contributed by atoms with Gasteiger partial charge in [-0.1, -0.05) is 44.2 Å². The molecule has 0 radical (unpaired) electrons. The van der Waals surface area contributed by atoms with E-state index in [4.69, 9.17) is 5.73 Å². The van der Waals surface area contributed by atoms with Gasteiger partial charge < -0.3 is 5.73 Å². The van der Waals surface area contributed by atoms with Crippen LogP contribution in [0.25, 0.3) is 0 Å². The van der Waals surface area contributed by atoms with Gasteiger partial charge in [0, 0.05) is 18.6 Å². The molecule has 0 aliphatic heterocycles. The molecule has 0 saturated heterocycles. The van der Waals surface area contributed by atoms with Gasteiger partial charge >= 0.3 is 0 Å². The fraction of sp³-hybridized carbons (Fsp3) is 0.571. The average Bonchev–Trinajstić information content (AvgIpc) is 2.36. The molecule has 0 amide bonds. The summed E-state index contributed by atoms with van der Waals surface area (Å²) in [6.07, 6.45) is 1.09. The van der Waals surface area contributed by atoms with Crippen molar-refractivity contribution in [2.45, 2.75) is 39.3 Å². The summed E-state index contributed by atoms with van der Waals surface area (Å²) in [4.78, 5) is 2.46. The zero-order valence-corrected chi connectivity index (χ0v) is 10.7. The largest absolute Gasteiger partial charge is 0.329 e. The Kier molecular flexibility index (Phi) is 4.97. The third-order valence-corrected chi connectivity index (χ3v) is 3.56. The predicted octanol–water partition coefficient (Wildman–Crippen LogP) is 2.64. The quantitative estimate of drug-likeness (QED) is 0.798. The van der Waals surface area contributed by atoms with Gasteiger partial charge in [0.15, 0.2) is 0 Å². The first-order valence-electron chi connectivity index (χ1n) is 6.15. The summed E-state index contributed by atoms with van der Waals surface area (Å²) in [5.41, 5.74) is 7.38. The molecule has 0 heterocycles. The average molecular weight is 220 g/mol. The van der Waals surface area contributed by atoms with Gasteiger partial charge in [-0.3, -0.25) is 4.90 Å². The Labute approximate surface area is 99.5 Å². The number of rotatable bonds is 6. The zero-order chi connectivity index (χ0) is 12.0. The standard InChI is InChI=1S/C14H24N2/c1-4-14(3,12-15)16(5-2)11-13-9-7-6-8-10-13/h6-10H,4-5,11-12,15H2,1-3H3. The maximum atomic E-state index is 5.91. The summed E-state index contributed by atoms with van der Waals surface area (Å²) in [6.45, 7) is 9.39.